The number of hydrogen-bond donors (Lipinski definition) is 0. The van der Waals surface area contributed by atoms with Gasteiger partial charge in [-0.3, -0.25) is 4.57 Å². The highest BCUT2D eigenvalue weighted by Gasteiger charge is 2.16. The second-order valence-electron chi connectivity index (χ2n) is 6.56. The van der Waals surface area contributed by atoms with Crippen molar-refractivity contribution in [2.24, 2.45) is 0 Å². The van der Waals surface area contributed by atoms with Gasteiger partial charge in [0.25, 0.3) is 0 Å². The van der Waals surface area contributed by atoms with Crippen LogP contribution in [0.2, 0.25) is 10.0 Å². The van der Waals surface area contributed by atoms with E-state index in [1.54, 1.807) is 11.8 Å². The van der Waals surface area contributed by atoms with Gasteiger partial charge < -0.3 is 0 Å². The minimum absolute atomic E-state index is 0.696. The number of nitrogens with zero attached hydrogens (tertiary/aromatic N) is 3. The second kappa shape index (κ2) is 9.49. The lowest BCUT2D eigenvalue weighted by atomic mass is 10.1. The van der Waals surface area contributed by atoms with Gasteiger partial charge >= 0.3 is 0 Å². The minimum atomic E-state index is 0.696. The van der Waals surface area contributed by atoms with Crippen LogP contribution in [-0.4, -0.2) is 20.5 Å². The van der Waals surface area contributed by atoms with Gasteiger partial charge in [-0.2, -0.15) is 0 Å². The Balaban J connectivity index is 1.57. The van der Waals surface area contributed by atoms with E-state index in [9.17, 15) is 0 Å². The Bertz CT molecular complexity index is 1060. The van der Waals surface area contributed by atoms with Crippen molar-refractivity contribution in [3.63, 3.8) is 0 Å². The molecule has 0 aliphatic heterocycles. The summed E-state index contributed by atoms with van der Waals surface area (Å²) in [7, 11) is 0. The van der Waals surface area contributed by atoms with E-state index >= 15 is 0 Å². The number of halogens is 2. The minimum Gasteiger partial charge on any atom is -0.270 e. The summed E-state index contributed by atoms with van der Waals surface area (Å²) in [6.45, 7) is 0. The molecule has 4 aromatic rings. The zero-order chi connectivity index (χ0) is 20.1. The third-order valence-electron chi connectivity index (χ3n) is 4.50. The van der Waals surface area contributed by atoms with Gasteiger partial charge in [0.05, 0.1) is 0 Å². The fraction of sp³-hybridized carbons (Fsp3) is 0.130. The molecule has 0 atom stereocenters. The molecule has 0 saturated carbocycles. The molecule has 0 aliphatic rings. The zero-order valence-electron chi connectivity index (χ0n) is 15.6. The molecule has 0 fully saturated rings. The van der Waals surface area contributed by atoms with Crippen LogP contribution >= 0.6 is 35.0 Å². The van der Waals surface area contributed by atoms with Crippen LogP contribution in [0.25, 0.3) is 17.1 Å². The second-order valence-corrected chi connectivity index (χ2v) is 8.50. The molecule has 29 heavy (non-hydrogen) atoms. The molecule has 146 valence electrons. The first-order valence-electron chi connectivity index (χ1n) is 9.35. The van der Waals surface area contributed by atoms with Gasteiger partial charge in [-0.1, -0.05) is 65.3 Å². The quantitative estimate of drug-likeness (QED) is 0.230. The van der Waals surface area contributed by atoms with Crippen molar-refractivity contribution < 1.29 is 0 Å². The third kappa shape index (κ3) is 5.02. The number of rotatable bonds is 7. The monoisotopic (exact) mass is 439 g/mol. The van der Waals surface area contributed by atoms with Gasteiger partial charge in [0.1, 0.15) is 0 Å². The lowest BCUT2D eigenvalue weighted by molar-refractivity contribution is 0.875. The van der Waals surface area contributed by atoms with Gasteiger partial charge in [-0.05, 0) is 66.9 Å². The van der Waals surface area contributed by atoms with E-state index in [1.807, 2.05) is 54.6 Å². The standard InChI is InChI=1S/C23H19Cl2N3S/c24-19-10-8-18(9-11-19)22-26-27-23(28(22)21-14-12-20(25)13-15-21)29-16-4-7-17-5-2-1-3-6-17/h1-3,5-6,8-15H,4,7,16H2. The van der Waals surface area contributed by atoms with Crippen molar-refractivity contribution in [3.8, 4) is 17.1 Å². The first-order chi connectivity index (χ1) is 14.2. The van der Waals surface area contributed by atoms with Crippen molar-refractivity contribution in [1.29, 1.82) is 0 Å². The highest BCUT2D eigenvalue weighted by atomic mass is 35.5. The highest BCUT2D eigenvalue weighted by Crippen LogP contribution is 2.29. The van der Waals surface area contributed by atoms with Gasteiger partial charge in [0.15, 0.2) is 11.0 Å². The first kappa shape index (κ1) is 20.0. The van der Waals surface area contributed by atoms with Crippen LogP contribution in [0, 0.1) is 0 Å². The van der Waals surface area contributed by atoms with Crippen LogP contribution < -0.4 is 0 Å². The van der Waals surface area contributed by atoms with E-state index in [0.29, 0.717) is 10.0 Å². The maximum Gasteiger partial charge on any atom is 0.196 e. The Labute approximate surface area is 184 Å². The Morgan fingerprint density at radius 1 is 0.759 bits per heavy atom. The molecule has 4 rings (SSSR count). The van der Waals surface area contributed by atoms with Crippen LogP contribution in [0.3, 0.4) is 0 Å². The predicted octanol–water partition coefficient (Wildman–Crippen LogP) is 6.97. The number of aryl methyl sites for hydroxylation is 1. The van der Waals surface area contributed by atoms with Gasteiger partial charge in [0.2, 0.25) is 0 Å². The van der Waals surface area contributed by atoms with E-state index in [0.717, 1.165) is 40.8 Å². The molecule has 0 radical (unpaired) electrons. The normalized spacial score (nSPS) is 11.0. The van der Waals surface area contributed by atoms with Crippen LogP contribution in [0.4, 0.5) is 0 Å². The van der Waals surface area contributed by atoms with E-state index in [4.69, 9.17) is 23.2 Å². The molecular formula is C23H19Cl2N3S. The van der Waals surface area contributed by atoms with E-state index in [1.165, 1.54) is 5.56 Å². The SMILES string of the molecule is Clc1ccc(-c2nnc(SCCCc3ccccc3)n2-c2ccc(Cl)cc2)cc1. The van der Waals surface area contributed by atoms with E-state index < -0.39 is 0 Å². The molecule has 1 heterocycles. The van der Waals surface area contributed by atoms with Crippen molar-refractivity contribution in [3.05, 3.63) is 94.5 Å². The third-order valence-corrected chi connectivity index (χ3v) is 6.02. The van der Waals surface area contributed by atoms with Gasteiger partial charge in [-0.15, -0.1) is 10.2 Å². The van der Waals surface area contributed by atoms with Crippen molar-refractivity contribution in [2.75, 3.05) is 5.75 Å². The van der Waals surface area contributed by atoms with Crippen molar-refractivity contribution in [1.82, 2.24) is 14.8 Å². The molecule has 0 unspecified atom stereocenters. The summed E-state index contributed by atoms with van der Waals surface area (Å²) in [5, 5.41) is 11.2. The lowest BCUT2D eigenvalue weighted by Gasteiger charge is -2.11. The number of benzene rings is 3. The summed E-state index contributed by atoms with van der Waals surface area (Å²) < 4.78 is 2.08. The Kier molecular flexibility index (Phi) is 6.55. The fourth-order valence-electron chi connectivity index (χ4n) is 3.06. The molecule has 0 spiro atoms. The maximum absolute atomic E-state index is 6.09. The molecular weight excluding hydrogens is 421 g/mol. The summed E-state index contributed by atoms with van der Waals surface area (Å²) in [5.41, 5.74) is 3.30. The Morgan fingerprint density at radius 3 is 2.10 bits per heavy atom. The lowest BCUT2D eigenvalue weighted by Crippen LogP contribution is -2.00. The topological polar surface area (TPSA) is 30.7 Å². The average molecular weight is 440 g/mol. The fourth-order valence-corrected chi connectivity index (χ4v) is 4.20. The number of hydrogen-bond acceptors (Lipinski definition) is 3. The maximum atomic E-state index is 6.09. The average Bonchev–Trinajstić information content (AvgIpc) is 3.17. The van der Waals surface area contributed by atoms with Crippen molar-refractivity contribution in [2.45, 2.75) is 18.0 Å². The van der Waals surface area contributed by atoms with Crippen molar-refractivity contribution >= 4 is 35.0 Å². The molecule has 3 nitrogen and oxygen atoms in total. The Morgan fingerprint density at radius 2 is 1.41 bits per heavy atom. The molecule has 0 bridgehead atoms. The molecule has 0 saturated heterocycles. The highest BCUT2D eigenvalue weighted by molar-refractivity contribution is 7.99. The molecule has 6 heteroatoms. The van der Waals surface area contributed by atoms with Crippen LogP contribution in [0.5, 0.6) is 0 Å². The number of thioether (sulfide) groups is 1. The number of aromatic nitrogens is 3. The summed E-state index contributed by atoms with van der Waals surface area (Å²) in [5.74, 6) is 1.75. The van der Waals surface area contributed by atoms with E-state index in [2.05, 4.69) is 39.0 Å². The molecule has 0 N–H and O–H groups in total. The predicted molar refractivity (Wildman–Crippen MR) is 122 cm³/mol. The van der Waals surface area contributed by atoms with Crippen LogP contribution in [-0.2, 0) is 6.42 Å². The first-order valence-corrected chi connectivity index (χ1v) is 11.1. The summed E-state index contributed by atoms with van der Waals surface area (Å²) in [4.78, 5) is 0. The van der Waals surface area contributed by atoms with Crippen LogP contribution in [0.1, 0.15) is 12.0 Å². The van der Waals surface area contributed by atoms with Crippen LogP contribution in [0.15, 0.2) is 84.0 Å². The summed E-state index contributed by atoms with van der Waals surface area (Å²) >= 11 is 13.9. The molecule has 0 amide bonds. The van der Waals surface area contributed by atoms with Gasteiger partial charge in [0, 0.05) is 27.0 Å². The molecule has 3 aromatic carbocycles. The van der Waals surface area contributed by atoms with E-state index in [-0.39, 0.29) is 0 Å². The Hall–Kier alpha value is -2.27. The summed E-state index contributed by atoms with van der Waals surface area (Å²) in [6, 6.07) is 25.9. The summed E-state index contributed by atoms with van der Waals surface area (Å²) in [6.07, 6.45) is 2.12. The van der Waals surface area contributed by atoms with Gasteiger partial charge in [-0.25, -0.2) is 0 Å². The largest absolute Gasteiger partial charge is 0.270 e. The molecule has 0 aliphatic carbocycles. The molecule has 1 aromatic heterocycles. The smallest absolute Gasteiger partial charge is 0.196 e. The zero-order valence-corrected chi connectivity index (χ0v) is 18.0.